The van der Waals surface area contributed by atoms with E-state index in [9.17, 15) is 4.79 Å². The molecule has 1 saturated heterocycles. The zero-order valence-corrected chi connectivity index (χ0v) is 13.7. The topological polar surface area (TPSA) is 49.3 Å². The number of amides is 1. The minimum atomic E-state index is 0.297. The van der Waals surface area contributed by atoms with Crippen LogP contribution in [0, 0.1) is 5.92 Å². The van der Waals surface area contributed by atoms with Crippen molar-refractivity contribution in [3.63, 3.8) is 0 Å². The molecule has 0 aromatic carbocycles. The number of aromatic nitrogens is 2. The summed E-state index contributed by atoms with van der Waals surface area (Å²) in [6, 6.07) is 0. The number of carbonyl (C=O) groups excluding carboxylic acids is 1. The van der Waals surface area contributed by atoms with E-state index in [-0.39, 0.29) is 0 Å². The number of hydrogen-bond donors (Lipinski definition) is 0. The van der Waals surface area contributed by atoms with Gasteiger partial charge in [-0.1, -0.05) is 26.7 Å². The van der Waals surface area contributed by atoms with Gasteiger partial charge in [-0.2, -0.15) is 4.37 Å². The van der Waals surface area contributed by atoms with Gasteiger partial charge in [0.05, 0.1) is 0 Å². The maximum Gasteiger partial charge on any atom is 0.225 e. The molecule has 1 aliphatic heterocycles. The quantitative estimate of drug-likeness (QED) is 0.861. The van der Waals surface area contributed by atoms with E-state index in [0.29, 0.717) is 17.7 Å². The number of piperazine rings is 1. The van der Waals surface area contributed by atoms with Crippen LogP contribution in [0.5, 0.6) is 0 Å². The van der Waals surface area contributed by atoms with Gasteiger partial charge in [0.25, 0.3) is 0 Å². The van der Waals surface area contributed by atoms with Crippen molar-refractivity contribution < 1.29 is 4.79 Å². The average molecular weight is 308 g/mol. The van der Waals surface area contributed by atoms with Gasteiger partial charge >= 0.3 is 0 Å². The largest absolute Gasteiger partial charge is 0.343 e. The monoisotopic (exact) mass is 308 g/mol. The molecule has 2 aliphatic rings. The summed E-state index contributed by atoms with van der Waals surface area (Å²) in [6.07, 6.45) is 4.62. The fourth-order valence-electron chi connectivity index (χ4n) is 3.14. The Balaban J connectivity index is 1.55. The molecular formula is C15H24N4OS. The highest BCUT2D eigenvalue weighted by atomic mass is 32.1. The summed E-state index contributed by atoms with van der Waals surface area (Å²) in [6.45, 7) is 7.64. The zero-order chi connectivity index (χ0) is 14.8. The van der Waals surface area contributed by atoms with Crippen molar-refractivity contribution in [2.75, 3.05) is 31.1 Å². The van der Waals surface area contributed by atoms with Gasteiger partial charge in [0.15, 0.2) is 0 Å². The van der Waals surface area contributed by atoms with Crippen molar-refractivity contribution in [2.45, 2.75) is 45.4 Å². The van der Waals surface area contributed by atoms with Crippen molar-refractivity contribution >= 4 is 22.6 Å². The Morgan fingerprint density at radius 2 is 1.86 bits per heavy atom. The third kappa shape index (κ3) is 3.20. The Hall–Kier alpha value is -1.17. The molecule has 0 spiro atoms. The van der Waals surface area contributed by atoms with E-state index in [1.807, 2.05) is 0 Å². The molecule has 0 bridgehead atoms. The number of rotatable bonds is 3. The number of hydrogen-bond acceptors (Lipinski definition) is 5. The van der Waals surface area contributed by atoms with E-state index < -0.39 is 0 Å². The van der Waals surface area contributed by atoms with Gasteiger partial charge in [-0.15, -0.1) is 0 Å². The summed E-state index contributed by atoms with van der Waals surface area (Å²) in [5.74, 6) is 1.98. The van der Waals surface area contributed by atoms with Crippen LogP contribution in [0.3, 0.4) is 0 Å². The van der Waals surface area contributed by atoms with Gasteiger partial charge in [0.1, 0.15) is 5.82 Å². The van der Waals surface area contributed by atoms with Crippen LogP contribution in [0.25, 0.3) is 0 Å². The summed E-state index contributed by atoms with van der Waals surface area (Å²) in [5, 5.41) is 1.01. The van der Waals surface area contributed by atoms with E-state index in [1.165, 1.54) is 24.4 Å². The highest BCUT2D eigenvalue weighted by Crippen LogP contribution is 2.28. The highest BCUT2D eigenvalue weighted by molar-refractivity contribution is 7.09. The standard InChI is InChI=1S/C15H24N4OS/c1-11(2)13-16-15(21-17-13)19-9-7-18(8-10-19)14(20)12-5-3-4-6-12/h11-12H,3-10H2,1-2H3. The molecule has 1 aromatic rings. The Labute approximate surface area is 130 Å². The van der Waals surface area contributed by atoms with Crippen LogP contribution < -0.4 is 4.90 Å². The summed E-state index contributed by atoms with van der Waals surface area (Å²) in [7, 11) is 0. The second-order valence-corrected chi connectivity index (χ2v) is 7.11. The Kier molecular flexibility index (Phi) is 4.42. The number of carbonyl (C=O) groups is 1. The van der Waals surface area contributed by atoms with Crippen LogP contribution in [-0.2, 0) is 4.79 Å². The lowest BCUT2D eigenvalue weighted by Gasteiger charge is -2.35. The molecule has 0 N–H and O–H groups in total. The van der Waals surface area contributed by atoms with Gasteiger partial charge in [0.2, 0.25) is 11.0 Å². The maximum atomic E-state index is 12.4. The third-order valence-corrected chi connectivity index (χ3v) is 5.30. The maximum absolute atomic E-state index is 12.4. The first kappa shape index (κ1) is 14.8. The molecule has 0 atom stereocenters. The average Bonchev–Trinajstić information content (AvgIpc) is 3.18. The first-order valence-electron chi connectivity index (χ1n) is 8.02. The SMILES string of the molecule is CC(C)c1nsc(N2CCN(C(=O)C3CCCC3)CC2)n1. The van der Waals surface area contributed by atoms with Gasteiger partial charge in [0, 0.05) is 49.5 Å². The van der Waals surface area contributed by atoms with E-state index in [4.69, 9.17) is 0 Å². The fraction of sp³-hybridized carbons (Fsp3) is 0.800. The molecule has 0 radical (unpaired) electrons. The van der Waals surface area contributed by atoms with Crippen LogP contribution >= 0.6 is 11.5 Å². The summed E-state index contributed by atoms with van der Waals surface area (Å²) >= 11 is 1.48. The van der Waals surface area contributed by atoms with Crippen molar-refractivity contribution in [1.82, 2.24) is 14.3 Å². The van der Waals surface area contributed by atoms with Gasteiger partial charge in [-0.05, 0) is 12.8 Å². The first-order valence-corrected chi connectivity index (χ1v) is 8.80. The molecule has 1 amide bonds. The summed E-state index contributed by atoms with van der Waals surface area (Å²) in [4.78, 5) is 21.3. The van der Waals surface area contributed by atoms with E-state index >= 15 is 0 Å². The second-order valence-electron chi connectivity index (χ2n) is 6.38. The molecule has 21 heavy (non-hydrogen) atoms. The smallest absolute Gasteiger partial charge is 0.225 e. The van der Waals surface area contributed by atoms with Crippen molar-refractivity contribution in [2.24, 2.45) is 5.92 Å². The van der Waals surface area contributed by atoms with Crippen LogP contribution in [0.2, 0.25) is 0 Å². The van der Waals surface area contributed by atoms with E-state index in [2.05, 4.69) is 33.0 Å². The molecule has 2 heterocycles. The highest BCUT2D eigenvalue weighted by Gasteiger charge is 2.30. The number of nitrogens with zero attached hydrogens (tertiary/aromatic N) is 4. The van der Waals surface area contributed by atoms with Crippen LogP contribution in [0.15, 0.2) is 0 Å². The predicted octanol–water partition coefficient (Wildman–Crippen LogP) is 2.50. The minimum Gasteiger partial charge on any atom is -0.343 e. The molecule has 0 unspecified atom stereocenters. The molecule has 1 aliphatic carbocycles. The molecule has 116 valence electrons. The molecule has 1 saturated carbocycles. The first-order chi connectivity index (χ1) is 10.1. The number of anilines is 1. The molecule has 3 rings (SSSR count). The third-order valence-electron chi connectivity index (χ3n) is 4.51. The van der Waals surface area contributed by atoms with Gasteiger partial charge in [-0.3, -0.25) is 4.79 Å². The van der Waals surface area contributed by atoms with E-state index in [0.717, 1.165) is 50.0 Å². The normalized spacial score (nSPS) is 20.5. The Morgan fingerprint density at radius 1 is 1.19 bits per heavy atom. The Bertz CT molecular complexity index is 488. The molecule has 2 fully saturated rings. The molecule has 5 nitrogen and oxygen atoms in total. The van der Waals surface area contributed by atoms with Crippen molar-refractivity contribution in [1.29, 1.82) is 0 Å². The lowest BCUT2D eigenvalue weighted by molar-refractivity contribution is -0.135. The zero-order valence-electron chi connectivity index (χ0n) is 12.9. The van der Waals surface area contributed by atoms with Gasteiger partial charge in [-0.25, -0.2) is 4.98 Å². The molecule has 6 heteroatoms. The van der Waals surface area contributed by atoms with E-state index in [1.54, 1.807) is 0 Å². The Morgan fingerprint density at radius 3 is 2.43 bits per heavy atom. The summed E-state index contributed by atoms with van der Waals surface area (Å²) < 4.78 is 4.42. The lowest BCUT2D eigenvalue weighted by atomic mass is 10.1. The molecular weight excluding hydrogens is 284 g/mol. The second kappa shape index (κ2) is 6.30. The van der Waals surface area contributed by atoms with Crippen LogP contribution in [0.1, 0.15) is 51.3 Å². The lowest BCUT2D eigenvalue weighted by Crippen LogP contribution is -2.50. The van der Waals surface area contributed by atoms with Gasteiger partial charge < -0.3 is 9.80 Å². The van der Waals surface area contributed by atoms with Crippen molar-refractivity contribution in [3.05, 3.63) is 5.82 Å². The van der Waals surface area contributed by atoms with Crippen molar-refractivity contribution in [3.8, 4) is 0 Å². The fourth-order valence-corrected chi connectivity index (χ4v) is 4.00. The predicted molar refractivity (Wildman–Crippen MR) is 84.7 cm³/mol. The minimum absolute atomic E-state index is 0.297. The molecule has 1 aromatic heterocycles. The van der Waals surface area contributed by atoms with Crippen LogP contribution in [-0.4, -0.2) is 46.3 Å². The van der Waals surface area contributed by atoms with Crippen LogP contribution in [0.4, 0.5) is 5.13 Å². The summed E-state index contributed by atoms with van der Waals surface area (Å²) in [5.41, 5.74) is 0.